The monoisotopic (exact) mass is 270 g/mol. The van der Waals surface area contributed by atoms with Crippen LogP contribution >= 0.6 is 11.6 Å². The largest absolute Gasteiger partial charge is 0.354 e. The van der Waals surface area contributed by atoms with Crippen molar-refractivity contribution in [2.24, 2.45) is 0 Å². The molecule has 18 heavy (non-hydrogen) atoms. The van der Waals surface area contributed by atoms with Crippen LogP contribution in [0.1, 0.15) is 16.8 Å². The predicted molar refractivity (Wildman–Crippen MR) is 64.9 cm³/mol. The van der Waals surface area contributed by atoms with E-state index in [0.717, 1.165) is 6.07 Å². The third kappa shape index (κ3) is 2.79. The first-order valence-electron chi connectivity index (χ1n) is 5.59. The number of halogens is 2. The predicted octanol–water partition coefficient (Wildman–Crippen LogP) is 1.44. The zero-order chi connectivity index (χ0) is 13.1. The Morgan fingerprint density at radius 1 is 1.44 bits per heavy atom. The van der Waals surface area contributed by atoms with Gasteiger partial charge >= 0.3 is 0 Å². The number of amides is 2. The van der Waals surface area contributed by atoms with Crippen molar-refractivity contribution in [2.45, 2.75) is 6.42 Å². The van der Waals surface area contributed by atoms with E-state index < -0.39 is 11.7 Å². The van der Waals surface area contributed by atoms with E-state index >= 15 is 0 Å². The van der Waals surface area contributed by atoms with Crippen LogP contribution in [0, 0.1) is 5.82 Å². The van der Waals surface area contributed by atoms with Crippen LogP contribution in [-0.2, 0) is 4.79 Å². The molecule has 1 heterocycles. The number of hydrogen-bond donors (Lipinski definition) is 1. The standard InChI is InChI=1S/C12H12ClFN2O2/c13-8-2-3-10(14)9(6-8)12(18)16-5-1-4-15-11(17)7-16/h2-3,6H,1,4-5,7H2,(H,15,17). The molecule has 6 heteroatoms. The summed E-state index contributed by atoms with van der Waals surface area (Å²) >= 11 is 5.74. The minimum absolute atomic E-state index is 0.0508. The maximum Gasteiger partial charge on any atom is 0.257 e. The normalized spacial score (nSPS) is 16.1. The number of hydrogen-bond acceptors (Lipinski definition) is 2. The molecule has 1 saturated heterocycles. The summed E-state index contributed by atoms with van der Waals surface area (Å²) in [6, 6.07) is 3.80. The van der Waals surface area contributed by atoms with E-state index in [2.05, 4.69) is 5.32 Å². The molecule has 2 amide bonds. The molecule has 0 atom stereocenters. The molecule has 0 unspecified atom stereocenters. The van der Waals surface area contributed by atoms with Gasteiger partial charge in [-0.15, -0.1) is 0 Å². The summed E-state index contributed by atoms with van der Waals surface area (Å²) in [5, 5.41) is 2.94. The van der Waals surface area contributed by atoms with Crippen molar-refractivity contribution in [3.05, 3.63) is 34.6 Å². The fourth-order valence-electron chi connectivity index (χ4n) is 1.81. The molecule has 1 N–H and O–H groups in total. The lowest BCUT2D eigenvalue weighted by molar-refractivity contribution is -0.121. The third-order valence-electron chi connectivity index (χ3n) is 2.71. The van der Waals surface area contributed by atoms with Crippen molar-refractivity contribution in [3.63, 3.8) is 0 Å². The summed E-state index contributed by atoms with van der Waals surface area (Å²) in [5.41, 5.74) is -0.0998. The van der Waals surface area contributed by atoms with Crippen molar-refractivity contribution in [2.75, 3.05) is 19.6 Å². The smallest absolute Gasteiger partial charge is 0.257 e. The second-order valence-electron chi connectivity index (χ2n) is 4.05. The van der Waals surface area contributed by atoms with Crippen LogP contribution in [0.4, 0.5) is 4.39 Å². The fourth-order valence-corrected chi connectivity index (χ4v) is 1.98. The van der Waals surface area contributed by atoms with E-state index in [9.17, 15) is 14.0 Å². The van der Waals surface area contributed by atoms with Crippen molar-refractivity contribution in [1.82, 2.24) is 10.2 Å². The van der Waals surface area contributed by atoms with E-state index in [0.29, 0.717) is 24.5 Å². The average molecular weight is 271 g/mol. The molecule has 0 aliphatic carbocycles. The van der Waals surface area contributed by atoms with Crippen molar-refractivity contribution in [3.8, 4) is 0 Å². The second-order valence-corrected chi connectivity index (χ2v) is 4.49. The number of nitrogens with zero attached hydrogens (tertiary/aromatic N) is 1. The van der Waals surface area contributed by atoms with E-state index in [1.54, 1.807) is 0 Å². The van der Waals surface area contributed by atoms with Crippen molar-refractivity contribution < 1.29 is 14.0 Å². The van der Waals surface area contributed by atoms with E-state index in [-0.39, 0.29) is 18.0 Å². The minimum Gasteiger partial charge on any atom is -0.354 e. The van der Waals surface area contributed by atoms with Crippen LogP contribution in [0.2, 0.25) is 5.02 Å². The second kappa shape index (κ2) is 5.35. The van der Waals surface area contributed by atoms with Gasteiger partial charge in [0, 0.05) is 18.1 Å². The zero-order valence-electron chi connectivity index (χ0n) is 9.58. The van der Waals surface area contributed by atoms with Gasteiger partial charge in [0.05, 0.1) is 12.1 Å². The van der Waals surface area contributed by atoms with E-state index in [1.807, 2.05) is 0 Å². The molecule has 1 aliphatic heterocycles. The van der Waals surface area contributed by atoms with Gasteiger partial charge in [-0.2, -0.15) is 0 Å². The van der Waals surface area contributed by atoms with Crippen LogP contribution in [0.3, 0.4) is 0 Å². The Balaban J connectivity index is 2.24. The number of carbonyl (C=O) groups excluding carboxylic acids is 2. The van der Waals surface area contributed by atoms with Crippen LogP contribution < -0.4 is 5.32 Å². The highest BCUT2D eigenvalue weighted by molar-refractivity contribution is 6.31. The summed E-state index contributed by atoms with van der Waals surface area (Å²) in [4.78, 5) is 24.8. The van der Waals surface area contributed by atoms with E-state index in [1.165, 1.54) is 17.0 Å². The minimum atomic E-state index is -0.631. The number of benzene rings is 1. The molecular weight excluding hydrogens is 259 g/mol. The average Bonchev–Trinajstić information content (AvgIpc) is 2.56. The molecule has 1 aliphatic rings. The Morgan fingerprint density at radius 3 is 3.00 bits per heavy atom. The van der Waals surface area contributed by atoms with Crippen molar-refractivity contribution in [1.29, 1.82) is 0 Å². The molecular formula is C12H12ClFN2O2. The lowest BCUT2D eigenvalue weighted by Gasteiger charge is -2.19. The molecule has 96 valence electrons. The van der Waals surface area contributed by atoms with Gasteiger partial charge in [-0.25, -0.2) is 4.39 Å². The Morgan fingerprint density at radius 2 is 2.22 bits per heavy atom. The molecule has 1 aromatic rings. The van der Waals surface area contributed by atoms with Gasteiger partial charge in [-0.3, -0.25) is 9.59 Å². The number of carbonyl (C=O) groups is 2. The Kier molecular flexibility index (Phi) is 3.81. The lowest BCUT2D eigenvalue weighted by Crippen LogP contribution is -2.37. The summed E-state index contributed by atoms with van der Waals surface area (Å²) in [7, 11) is 0. The fraction of sp³-hybridized carbons (Fsp3) is 0.333. The third-order valence-corrected chi connectivity index (χ3v) is 2.94. The summed E-state index contributed by atoms with van der Waals surface area (Å²) in [6.45, 7) is 0.898. The first-order chi connectivity index (χ1) is 8.58. The molecule has 2 rings (SSSR count). The van der Waals surface area contributed by atoms with Gasteiger partial charge in [0.1, 0.15) is 5.82 Å². The summed E-state index contributed by atoms with van der Waals surface area (Å²) < 4.78 is 13.6. The van der Waals surface area contributed by atoms with Gasteiger partial charge in [0.15, 0.2) is 0 Å². The van der Waals surface area contributed by atoms with Gasteiger partial charge in [0.25, 0.3) is 5.91 Å². The lowest BCUT2D eigenvalue weighted by atomic mass is 10.2. The Labute approximate surface area is 109 Å². The molecule has 1 fully saturated rings. The highest BCUT2D eigenvalue weighted by Gasteiger charge is 2.23. The first-order valence-corrected chi connectivity index (χ1v) is 5.97. The maximum atomic E-state index is 13.6. The van der Waals surface area contributed by atoms with Gasteiger partial charge in [-0.05, 0) is 24.6 Å². The highest BCUT2D eigenvalue weighted by atomic mass is 35.5. The molecule has 0 spiro atoms. The highest BCUT2D eigenvalue weighted by Crippen LogP contribution is 2.17. The molecule has 0 bridgehead atoms. The molecule has 1 aromatic carbocycles. The Bertz CT molecular complexity index is 493. The van der Waals surface area contributed by atoms with Crippen LogP contribution in [-0.4, -0.2) is 36.3 Å². The Hall–Kier alpha value is -1.62. The quantitative estimate of drug-likeness (QED) is 0.840. The SMILES string of the molecule is O=C1CN(C(=O)c2cc(Cl)ccc2F)CCCN1. The van der Waals surface area contributed by atoms with Gasteiger partial charge in [0.2, 0.25) is 5.91 Å². The zero-order valence-corrected chi connectivity index (χ0v) is 10.3. The number of rotatable bonds is 1. The van der Waals surface area contributed by atoms with Crippen LogP contribution in [0.25, 0.3) is 0 Å². The van der Waals surface area contributed by atoms with E-state index in [4.69, 9.17) is 11.6 Å². The van der Waals surface area contributed by atoms with Crippen LogP contribution in [0.15, 0.2) is 18.2 Å². The van der Waals surface area contributed by atoms with Crippen LogP contribution in [0.5, 0.6) is 0 Å². The summed E-state index contributed by atoms with van der Waals surface area (Å²) in [6.07, 6.45) is 0.652. The molecule has 0 radical (unpaired) electrons. The van der Waals surface area contributed by atoms with Crippen molar-refractivity contribution >= 4 is 23.4 Å². The molecule has 0 saturated carbocycles. The van der Waals surface area contributed by atoms with Gasteiger partial charge < -0.3 is 10.2 Å². The maximum absolute atomic E-state index is 13.6. The molecule has 4 nitrogen and oxygen atoms in total. The van der Waals surface area contributed by atoms with Gasteiger partial charge in [-0.1, -0.05) is 11.6 Å². The topological polar surface area (TPSA) is 49.4 Å². The molecule has 0 aromatic heterocycles. The number of nitrogens with one attached hydrogen (secondary N) is 1. The first kappa shape index (κ1) is 12.8. The summed E-state index contributed by atoms with van der Waals surface area (Å²) in [5.74, 6) is -1.37.